The van der Waals surface area contributed by atoms with Crippen molar-refractivity contribution in [1.82, 2.24) is 5.32 Å². The Bertz CT molecular complexity index is 432. The fourth-order valence-corrected chi connectivity index (χ4v) is 2.37. The van der Waals surface area contributed by atoms with Crippen molar-refractivity contribution in [2.24, 2.45) is 0 Å². The molecule has 1 aliphatic rings. The van der Waals surface area contributed by atoms with Crippen molar-refractivity contribution in [3.8, 4) is 0 Å². The van der Waals surface area contributed by atoms with Crippen LogP contribution in [0.4, 0.5) is 10.1 Å². The SMILES string of the molecule is COCCN(c1cccc(F)c1CNC(C)C)C1CC1. The lowest BCUT2D eigenvalue weighted by Crippen LogP contribution is -2.32. The standard InChI is InChI=1S/C16H25FN2O/c1-12(2)18-11-14-15(17)5-4-6-16(14)19(9-10-20-3)13-7-8-13/h4-6,12-13,18H,7-11H2,1-3H3. The van der Waals surface area contributed by atoms with Gasteiger partial charge in [0.15, 0.2) is 0 Å². The first-order valence-corrected chi connectivity index (χ1v) is 7.39. The van der Waals surface area contributed by atoms with E-state index >= 15 is 0 Å². The summed E-state index contributed by atoms with van der Waals surface area (Å²) in [6.45, 7) is 6.20. The number of halogens is 1. The highest BCUT2D eigenvalue weighted by atomic mass is 19.1. The van der Waals surface area contributed by atoms with Gasteiger partial charge in [0.05, 0.1) is 6.61 Å². The highest BCUT2D eigenvalue weighted by molar-refractivity contribution is 5.56. The zero-order chi connectivity index (χ0) is 14.5. The first-order valence-electron chi connectivity index (χ1n) is 7.39. The molecule has 0 bridgehead atoms. The van der Waals surface area contributed by atoms with Gasteiger partial charge in [-0.25, -0.2) is 4.39 Å². The van der Waals surface area contributed by atoms with Gasteiger partial charge in [0.1, 0.15) is 5.82 Å². The Labute approximate surface area is 121 Å². The maximum atomic E-state index is 14.2. The molecule has 0 heterocycles. The Kier molecular flexibility index (Phi) is 5.38. The number of anilines is 1. The van der Waals surface area contributed by atoms with E-state index in [0.29, 0.717) is 25.2 Å². The molecular formula is C16H25FN2O. The summed E-state index contributed by atoms with van der Waals surface area (Å²) in [5.41, 5.74) is 1.78. The Hall–Kier alpha value is -1.13. The number of nitrogens with zero attached hydrogens (tertiary/aromatic N) is 1. The molecule has 3 nitrogen and oxygen atoms in total. The first-order chi connectivity index (χ1) is 9.63. The minimum atomic E-state index is -0.126. The van der Waals surface area contributed by atoms with Crippen LogP contribution in [-0.4, -0.2) is 32.3 Å². The Morgan fingerprint density at radius 3 is 2.75 bits per heavy atom. The van der Waals surface area contributed by atoms with Crippen molar-refractivity contribution >= 4 is 5.69 Å². The molecule has 0 atom stereocenters. The minimum Gasteiger partial charge on any atom is -0.383 e. The van der Waals surface area contributed by atoms with E-state index in [1.54, 1.807) is 19.2 Å². The van der Waals surface area contributed by atoms with Gasteiger partial charge in [0.25, 0.3) is 0 Å². The molecule has 1 aromatic rings. The van der Waals surface area contributed by atoms with Crippen molar-refractivity contribution in [2.45, 2.75) is 45.3 Å². The van der Waals surface area contributed by atoms with E-state index in [1.807, 2.05) is 6.07 Å². The summed E-state index contributed by atoms with van der Waals surface area (Å²) in [5.74, 6) is -0.126. The maximum absolute atomic E-state index is 14.2. The van der Waals surface area contributed by atoms with Crippen LogP contribution in [0.15, 0.2) is 18.2 Å². The van der Waals surface area contributed by atoms with Crippen molar-refractivity contribution in [2.75, 3.05) is 25.2 Å². The number of ether oxygens (including phenoxy) is 1. The van der Waals surface area contributed by atoms with Crippen molar-refractivity contribution in [3.05, 3.63) is 29.6 Å². The molecule has 0 amide bonds. The predicted molar refractivity (Wildman–Crippen MR) is 80.6 cm³/mol. The average molecular weight is 280 g/mol. The summed E-state index contributed by atoms with van der Waals surface area (Å²) in [7, 11) is 1.71. The van der Waals surface area contributed by atoms with Crippen LogP contribution < -0.4 is 10.2 Å². The van der Waals surface area contributed by atoms with Crippen LogP contribution in [0.3, 0.4) is 0 Å². The molecule has 20 heavy (non-hydrogen) atoms. The van der Waals surface area contributed by atoms with Crippen molar-refractivity contribution in [1.29, 1.82) is 0 Å². The molecule has 4 heteroatoms. The molecule has 1 aliphatic carbocycles. The molecule has 112 valence electrons. The molecule has 1 saturated carbocycles. The van der Waals surface area contributed by atoms with E-state index in [0.717, 1.165) is 17.8 Å². The molecule has 1 fully saturated rings. The van der Waals surface area contributed by atoms with E-state index in [9.17, 15) is 4.39 Å². The summed E-state index contributed by atoms with van der Waals surface area (Å²) in [6.07, 6.45) is 2.38. The smallest absolute Gasteiger partial charge is 0.129 e. The quantitative estimate of drug-likeness (QED) is 0.792. The van der Waals surface area contributed by atoms with Crippen LogP contribution in [0, 0.1) is 5.82 Å². The first kappa shape index (κ1) is 15.3. The fourth-order valence-electron chi connectivity index (χ4n) is 2.37. The number of methoxy groups -OCH3 is 1. The van der Waals surface area contributed by atoms with Crippen LogP contribution in [0.1, 0.15) is 32.3 Å². The van der Waals surface area contributed by atoms with Crippen molar-refractivity contribution in [3.63, 3.8) is 0 Å². The number of hydrogen-bond acceptors (Lipinski definition) is 3. The molecule has 0 unspecified atom stereocenters. The molecule has 0 spiro atoms. The van der Waals surface area contributed by atoms with Crippen molar-refractivity contribution < 1.29 is 9.13 Å². The third kappa shape index (κ3) is 3.93. The molecule has 1 aromatic carbocycles. The number of rotatable bonds is 8. The maximum Gasteiger partial charge on any atom is 0.129 e. The minimum absolute atomic E-state index is 0.126. The van der Waals surface area contributed by atoms with Gasteiger partial charge >= 0.3 is 0 Å². The number of benzene rings is 1. The lowest BCUT2D eigenvalue weighted by atomic mass is 10.1. The van der Waals surface area contributed by atoms with E-state index < -0.39 is 0 Å². The summed E-state index contributed by atoms with van der Waals surface area (Å²) in [5, 5.41) is 3.32. The van der Waals surface area contributed by atoms with E-state index in [1.165, 1.54) is 12.8 Å². The van der Waals surface area contributed by atoms with Crippen LogP contribution in [0.25, 0.3) is 0 Å². The van der Waals surface area contributed by atoms with Gasteiger partial charge < -0.3 is 15.0 Å². The molecule has 1 N–H and O–H groups in total. The second-order valence-corrected chi connectivity index (χ2v) is 5.69. The van der Waals surface area contributed by atoms with Gasteiger partial charge in [-0.2, -0.15) is 0 Å². The Morgan fingerprint density at radius 1 is 1.40 bits per heavy atom. The highest BCUT2D eigenvalue weighted by Crippen LogP contribution is 2.34. The van der Waals surface area contributed by atoms with Crippen LogP contribution in [-0.2, 0) is 11.3 Å². The van der Waals surface area contributed by atoms with Gasteiger partial charge in [-0.05, 0) is 25.0 Å². The largest absolute Gasteiger partial charge is 0.383 e. The number of hydrogen-bond donors (Lipinski definition) is 1. The lowest BCUT2D eigenvalue weighted by Gasteiger charge is -2.27. The van der Waals surface area contributed by atoms with Crippen LogP contribution in [0.2, 0.25) is 0 Å². The Morgan fingerprint density at radius 2 is 2.15 bits per heavy atom. The molecule has 0 aliphatic heterocycles. The van der Waals surface area contributed by atoms with Gasteiger partial charge in [-0.15, -0.1) is 0 Å². The van der Waals surface area contributed by atoms with Gasteiger partial charge in [0.2, 0.25) is 0 Å². The molecule has 0 aromatic heterocycles. The summed E-state index contributed by atoms with van der Waals surface area (Å²) < 4.78 is 19.4. The third-order valence-corrected chi connectivity index (χ3v) is 3.61. The summed E-state index contributed by atoms with van der Waals surface area (Å²) in [4.78, 5) is 2.30. The van der Waals surface area contributed by atoms with E-state index in [2.05, 4.69) is 24.1 Å². The molecule has 0 radical (unpaired) electrons. The molecular weight excluding hydrogens is 255 g/mol. The molecule has 2 rings (SSSR count). The highest BCUT2D eigenvalue weighted by Gasteiger charge is 2.30. The van der Waals surface area contributed by atoms with Crippen LogP contribution >= 0.6 is 0 Å². The zero-order valence-electron chi connectivity index (χ0n) is 12.7. The van der Waals surface area contributed by atoms with E-state index in [-0.39, 0.29) is 5.82 Å². The lowest BCUT2D eigenvalue weighted by molar-refractivity contribution is 0.205. The fraction of sp³-hybridized carbons (Fsp3) is 0.625. The molecule has 0 saturated heterocycles. The van der Waals surface area contributed by atoms with Gasteiger partial charge in [0, 0.05) is 43.5 Å². The third-order valence-electron chi connectivity index (χ3n) is 3.61. The second-order valence-electron chi connectivity index (χ2n) is 5.69. The van der Waals surface area contributed by atoms with E-state index in [4.69, 9.17) is 4.74 Å². The second kappa shape index (κ2) is 7.04. The summed E-state index contributed by atoms with van der Waals surface area (Å²) >= 11 is 0. The average Bonchev–Trinajstić information content (AvgIpc) is 3.22. The number of nitrogens with one attached hydrogen (secondary N) is 1. The summed E-state index contributed by atoms with van der Waals surface area (Å²) in [6, 6.07) is 6.25. The normalized spacial score (nSPS) is 14.8. The van der Waals surface area contributed by atoms with Gasteiger partial charge in [-0.1, -0.05) is 19.9 Å². The monoisotopic (exact) mass is 280 g/mol. The van der Waals surface area contributed by atoms with Crippen LogP contribution in [0.5, 0.6) is 0 Å². The zero-order valence-corrected chi connectivity index (χ0v) is 12.7. The van der Waals surface area contributed by atoms with Gasteiger partial charge in [-0.3, -0.25) is 0 Å². The topological polar surface area (TPSA) is 24.5 Å². The Balaban J connectivity index is 2.21. The predicted octanol–water partition coefficient (Wildman–Crippen LogP) is 2.94.